The summed E-state index contributed by atoms with van der Waals surface area (Å²) in [6.07, 6.45) is 0.300. The third kappa shape index (κ3) is 3.54. The Morgan fingerprint density at radius 2 is 1.64 bits per heavy atom. The molecule has 2 rings (SSSR count). The quantitative estimate of drug-likeness (QED) is 0.710. The summed E-state index contributed by atoms with van der Waals surface area (Å²) in [6.45, 7) is 8.14. The molecule has 0 aromatic heterocycles. The standard InChI is InChI=1S/C15H24ClN3O3/c1-10(2)19-9-12(8-13(19)20)15(22)18-6-4-17(5-7-18)14(21)11(3)16/h10-12H,4-9H2,1-3H3. The van der Waals surface area contributed by atoms with E-state index in [1.54, 1.807) is 21.6 Å². The highest BCUT2D eigenvalue weighted by atomic mass is 35.5. The molecule has 0 spiro atoms. The van der Waals surface area contributed by atoms with Crippen molar-refractivity contribution in [3.63, 3.8) is 0 Å². The van der Waals surface area contributed by atoms with Crippen LogP contribution in [0.25, 0.3) is 0 Å². The molecule has 0 radical (unpaired) electrons. The molecule has 0 bridgehead atoms. The number of rotatable bonds is 3. The van der Waals surface area contributed by atoms with Crippen molar-refractivity contribution in [3.8, 4) is 0 Å². The lowest BCUT2D eigenvalue weighted by molar-refractivity contribution is -0.141. The van der Waals surface area contributed by atoms with Crippen LogP contribution in [0.2, 0.25) is 0 Å². The Balaban J connectivity index is 1.88. The van der Waals surface area contributed by atoms with Gasteiger partial charge in [-0.15, -0.1) is 11.6 Å². The molecule has 2 unspecified atom stereocenters. The molecule has 7 heteroatoms. The monoisotopic (exact) mass is 329 g/mol. The van der Waals surface area contributed by atoms with E-state index >= 15 is 0 Å². The zero-order valence-corrected chi connectivity index (χ0v) is 14.2. The highest BCUT2D eigenvalue weighted by Gasteiger charge is 2.38. The lowest BCUT2D eigenvalue weighted by Crippen LogP contribution is -2.53. The van der Waals surface area contributed by atoms with Gasteiger partial charge in [0, 0.05) is 45.2 Å². The maximum absolute atomic E-state index is 12.5. The number of nitrogens with zero attached hydrogens (tertiary/aromatic N) is 3. The van der Waals surface area contributed by atoms with Crippen molar-refractivity contribution in [1.82, 2.24) is 14.7 Å². The van der Waals surface area contributed by atoms with Crippen molar-refractivity contribution in [2.75, 3.05) is 32.7 Å². The summed E-state index contributed by atoms with van der Waals surface area (Å²) in [5, 5.41) is -0.533. The van der Waals surface area contributed by atoms with Gasteiger partial charge in [0.05, 0.1) is 5.92 Å². The second-order valence-corrected chi connectivity index (χ2v) is 6.96. The van der Waals surface area contributed by atoms with E-state index in [9.17, 15) is 14.4 Å². The molecular weight excluding hydrogens is 306 g/mol. The molecule has 2 aliphatic heterocycles. The SMILES string of the molecule is CC(Cl)C(=O)N1CCN(C(=O)C2CC(=O)N(C(C)C)C2)CC1. The van der Waals surface area contributed by atoms with Crippen molar-refractivity contribution in [2.24, 2.45) is 5.92 Å². The van der Waals surface area contributed by atoms with Gasteiger partial charge < -0.3 is 14.7 Å². The number of hydrogen-bond donors (Lipinski definition) is 0. The van der Waals surface area contributed by atoms with Gasteiger partial charge in [-0.1, -0.05) is 0 Å². The summed E-state index contributed by atoms with van der Waals surface area (Å²) < 4.78 is 0. The molecule has 2 atom stereocenters. The largest absolute Gasteiger partial charge is 0.339 e. The summed E-state index contributed by atoms with van der Waals surface area (Å²) in [5.74, 6) is -0.249. The number of piperazine rings is 1. The fourth-order valence-corrected chi connectivity index (χ4v) is 3.19. The first-order valence-electron chi connectivity index (χ1n) is 7.82. The van der Waals surface area contributed by atoms with E-state index in [-0.39, 0.29) is 29.7 Å². The molecule has 22 heavy (non-hydrogen) atoms. The van der Waals surface area contributed by atoms with E-state index in [1.807, 2.05) is 13.8 Å². The minimum atomic E-state index is -0.533. The maximum atomic E-state index is 12.5. The van der Waals surface area contributed by atoms with Crippen LogP contribution in [0.15, 0.2) is 0 Å². The van der Waals surface area contributed by atoms with Gasteiger partial charge in [0.1, 0.15) is 5.38 Å². The van der Waals surface area contributed by atoms with Crippen LogP contribution in [0.1, 0.15) is 27.2 Å². The number of carbonyl (C=O) groups is 3. The van der Waals surface area contributed by atoms with Crippen molar-refractivity contribution >= 4 is 29.3 Å². The third-order valence-electron chi connectivity index (χ3n) is 4.37. The zero-order valence-electron chi connectivity index (χ0n) is 13.4. The van der Waals surface area contributed by atoms with Crippen molar-refractivity contribution in [1.29, 1.82) is 0 Å². The summed E-state index contributed by atoms with van der Waals surface area (Å²) in [6, 6.07) is 0.130. The lowest BCUT2D eigenvalue weighted by Gasteiger charge is -2.36. The Labute approximate surface area is 136 Å². The van der Waals surface area contributed by atoms with Crippen LogP contribution in [0.4, 0.5) is 0 Å². The van der Waals surface area contributed by atoms with Crippen molar-refractivity contribution in [3.05, 3.63) is 0 Å². The highest BCUT2D eigenvalue weighted by molar-refractivity contribution is 6.30. The Kier molecular flexibility index (Phi) is 5.32. The molecule has 6 nitrogen and oxygen atoms in total. The molecule has 2 heterocycles. The van der Waals surface area contributed by atoms with Crippen LogP contribution in [0.5, 0.6) is 0 Å². The van der Waals surface area contributed by atoms with Gasteiger partial charge in [0.2, 0.25) is 17.7 Å². The molecule has 2 aliphatic rings. The Hall–Kier alpha value is -1.30. The van der Waals surface area contributed by atoms with Gasteiger partial charge in [-0.2, -0.15) is 0 Å². The Morgan fingerprint density at radius 3 is 2.09 bits per heavy atom. The van der Waals surface area contributed by atoms with E-state index in [0.717, 1.165) is 0 Å². The molecule has 0 aromatic rings. The van der Waals surface area contributed by atoms with E-state index in [2.05, 4.69) is 0 Å². The van der Waals surface area contributed by atoms with Crippen LogP contribution >= 0.6 is 11.6 Å². The summed E-state index contributed by atoms with van der Waals surface area (Å²) >= 11 is 5.81. The molecule has 0 aliphatic carbocycles. The molecule has 2 saturated heterocycles. The predicted molar refractivity (Wildman–Crippen MR) is 83.4 cm³/mol. The van der Waals surface area contributed by atoms with E-state index < -0.39 is 5.38 Å². The average Bonchev–Trinajstić information content (AvgIpc) is 2.88. The maximum Gasteiger partial charge on any atom is 0.240 e. The van der Waals surface area contributed by atoms with E-state index in [0.29, 0.717) is 39.1 Å². The summed E-state index contributed by atoms with van der Waals surface area (Å²) in [5.41, 5.74) is 0. The summed E-state index contributed by atoms with van der Waals surface area (Å²) in [7, 11) is 0. The molecule has 0 saturated carbocycles. The lowest BCUT2D eigenvalue weighted by atomic mass is 10.1. The first-order valence-corrected chi connectivity index (χ1v) is 8.26. The van der Waals surface area contributed by atoms with Gasteiger partial charge >= 0.3 is 0 Å². The molecule has 2 fully saturated rings. The minimum Gasteiger partial charge on any atom is -0.339 e. The smallest absolute Gasteiger partial charge is 0.240 e. The van der Waals surface area contributed by atoms with Gasteiger partial charge in [-0.3, -0.25) is 14.4 Å². The normalized spacial score (nSPS) is 24.1. The van der Waals surface area contributed by atoms with E-state index in [4.69, 9.17) is 11.6 Å². The van der Waals surface area contributed by atoms with Crippen LogP contribution in [0.3, 0.4) is 0 Å². The number of amides is 3. The van der Waals surface area contributed by atoms with Crippen molar-refractivity contribution in [2.45, 2.75) is 38.6 Å². The number of halogens is 1. The first-order chi connectivity index (χ1) is 10.3. The van der Waals surface area contributed by atoms with Crippen molar-refractivity contribution < 1.29 is 14.4 Å². The fraction of sp³-hybridized carbons (Fsp3) is 0.800. The van der Waals surface area contributed by atoms with Crippen LogP contribution in [0, 0.1) is 5.92 Å². The average molecular weight is 330 g/mol. The van der Waals surface area contributed by atoms with Crippen LogP contribution in [-0.4, -0.2) is 76.6 Å². The predicted octanol–water partition coefficient (Wildman–Crippen LogP) is 0.541. The highest BCUT2D eigenvalue weighted by Crippen LogP contribution is 2.22. The van der Waals surface area contributed by atoms with Gasteiger partial charge in [0.15, 0.2) is 0 Å². The van der Waals surface area contributed by atoms with Gasteiger partial charge in [-0.25, -0.2) is 0 Å². The van der Waals surface area contributed by atoms with Gasteiger partial charge in [0.25, 0.3) is 0 Å². The topological polar surface area (TPSA) is 60.9 Å². The Bertz CT molecular complexity index is 459. The second kappa shape index (κ2) is 6.86. The number of carbonyl (C=O) groups excluding carboxylic acids is 3. The molecule has 0 aromatic carbocycles. The molecule has 0 N–H and O–H groups in total. The minimum absolute atomic E-state index is 0.0301. The second-order valence-electron chi connectivity index (χ2n) is 6.31. The summed E-state index contributed by atoms with van der Waals surface area (Å²) in [4.78, 5) is 41.5. The molecular formula is C15H24ClN3O3. The van der Waals surface area contributed by atoms with Crippen LogP contribution in [-0.2, 0) is 14.4 Å². The van der Waals surface area contributed by atoms with Crippen LogP contribution < -0.4 is 0 Å². The third-order valence-corrected chi connectivity index (χ3v) is 4.56. The zero-order chi connectivity index (χ0) is 16.4. The number of hydrogen-bond acceptors (Lipinski definition) is 3. The number of alkyl halides is 1. The molecule has 124 valence electrons. The number of likely N-dealkylation sites (tertiary alicyclic amines) is 1. The molecule has 3 amide bonds. The van der Waals surface area contributed by atoms with E-state index in [1.165, 1.54) is 0 Å². The fourth-order valence-electron chi connectivity index (χ4n) is 3.05. The van der Waals surface area contributed by atoms with Gasteiger partial charge in [-0.05, 0) is 20.8 Å². The Morgan fingerprint density at radius 1 is 1.09 bits per heavy atom. The first kappa shape index (κ1) is 17.1.